The second-order valence-corrected chi connectivity index (χ2v) is 4.42. The topological polar surface area (TPSA) is 43.6 Å². The summed E-state index contributed by atoms with van der Waals surface area (Å²) in [6.07, 6.45) is 1.70. The largest absolute Gasteiger partial charge is 0.467 e. The van der Waals surface area contributed by atoms with Gasteiger partial charge in [-0.3, -0.25) is 0 Å². The summed E-state index contributed by atoms with van der Waals surface area (Å²) >= 11 is 0. The van der Waals surface area contributed by atoms with E-state index in [1.807, 2.05) is 13.1 Å². The van der Waals surface area contributed by atoms with Crippen LogP contribution >= 0.6 is 0 Å². The molecule has 0 aliphatic rings. The highest BCUT2D eigenvalue weighted by atomic mass is 16.5. The number of nitrogens with one attached hydrogen (secondary N) is 1. The van der Waals surface area contributed by atoms with Crippen molar-refractivity contribution in [2.45, 2.75) is 27.0 Å². The Bertz CT molecular complexity index is 297. The van der Waals surface area contributed by atoms with Gasteiger partial charge in [0, 0.05) is 18.7 Å². The van der Waals surface area contributed by atoms with E-state index in [2.05, 4.69) is 19.2 Å². The van der Waals surface area contributed by atoms with Crippen molar-refractivity contribution in [3.63, 3.8) is 0 Å². The van der Waals surface area contributed by atoms with E-state index < -0.39 is 0 Å². The van der Waals surface area contributed by atoms with Crippen LogP contribution in [0.4, 0.5) is 0 Å². The SMILES string of the molecule is CNCc1ccoc1COCCOCC(C)C. The molecule has 1 aromatic heterocycles. The lowest BCUT2D eigenvalue weighted by Gasteiger charge is -2.07. The molecule has 1 aromatic rings. The molecule has 1 N–H and O–H groups in total. The quantitative estimate of drug-likeness (QED) is 0.673. The summed E-state index contributed by atoms with van der Waals surface area (Å²) in [6.45, 7) is 7.61. The number of hydrogen-bond acceptors (Lipinski definition) is 4. The molecule has 17 heavy (non-hydrogen) atoms. The van der Waals surface area contributed by atoms with Gasteiger partial charge in [0.15, 0.2) is 0 Å². The van der Waals surface area contributed by atoms with E-state index in [-0.39, 0.29) is 0 Å². The van der Waals surface area contributed by atoms with Gasteiger partial charge < -0.3 is 19.2 Å². The van der Waals surface area contributed by atoms with Crippen molar-refractivity contribution in [1.82, 2.24) is 5.32 Å². The number of hydrogen-bond donors (Lipinski definition) is 1. The number of ether oxygens (including phenoxy) is 2. The van der Waals surface area contributed by atoms with Crippen LogP contribution in [-0.4, -0.2) is 26.9 Å². The minimum atomic E-state index is 0.509. The lowest BCUT2D eigenvalue weighted by atomic mass is 10.2. The molecule has 0 saturated carbocycles. The van der Waals surface area contributed by atoms with Crippen LogP contribution < -0.4 is 5.32 Å². The van der Waals surface area contributed by atoms with Crippen LogP contribution in [0, 0.1) is 5.92 Å². The highest BCUT2D eigenvalue weighted by Crippen LogP contribution is 2.11. The van der Waals surface area contributed by atoms with Crippen molar-refractivity contribution in [1.29, 1.82) is 0 Å². The molecule has 0 radical (unpaired) electrons. The average Bonchev–Trinajstić information content (AvgIpc) is 2.71. The summed E-state index contributed by atoms with van der Waals surface area (Å²) in [5, 5.41) is 3.09. The third-order valence-corrected chi connectivity index (χ3v) is 2.26. The molecule has 0 fully saturated rings. The van der Waals surface area contributed by atoms with Crippen LogP contribution in [-0.2, 0) is 22.6 Å². The zero-order valence-electron chi connectivity index (χ0n) is 11.0. The molecular formula is C13H23NO3. The van der Waals surface area contributed by atoms with E-state index in [0.29, 0.717) is 25.7 Å². The maximum Gasteiger partial charge on any atom is 0.133 e. The van der Waals surface area contributed by atoms with E-state index in [1.54, 1.807) is 6.26 Å². The van der Waals surface area contributed by atoms with Gasteiger partial charge in [0.2, 0.25) is 0 Å². The molecule has 0 amide bonds. The normalized spacial score (nSPS) is 11.3. The molecule has 98 valence electrons. The van der Waals surface area contributed by atoms with Crippen LogP contribution in [0.3, 0.4) is 0 Å². The Hall–Kier alpha value is -0.840. The number of furan rings is 1. The molecule has 1 rings (SSSR count). The van der Waals surface area contributed by atoms with Crippen LogP contribution in [0.1, 0.15) is 25.2 Å². The van der Waals surface area contributed by atoms with Crippen LogP contribution in [0.25, 0.3) is 0 Å². The summed E-state index contributed by atoms with van der Waals surface area (Å²) in [4.78, 5) is 0. The van der Waals surface area contributed by atoms with E-state index in [9.17, 15) is 0 Å². The number of rotatable bonds is 9. The smallest absolute Gasteiger partial charge is 0.133 e. The molecule has 0 bridgehead atoms. The van der Waals surface area contributed by atoms with Crippen LogP contribution in [0.2, 0.25) is 0 Å². The fourth-order valence-corrected chi connectivity index (χ4v) is 1.44. The third kappa shape index (κ3) is 5.86. The highest BCUT2D eigenvalue weighted by molar-refractivity contribution is 5.15. The van der Waals surface area contributed by atoms with Gasteiger partial charge in [-0.2, -0.15) is 0 Å². The predicted octanol–water partition coefficient (Wildman–Crippen LogP) is 2.19. The van der Waals surface area contributed by atoms with Gasteiger partial charge in [-0.05, 0) is 19.0 Å². The van der Waals surface area contributed by atoms with Gasteiger partial charge in [0.1, 0.15) is 12.4 Å². The van der Waals surface area contributed by atoms with Crippen molar-refractivity contribution in [3.8, 4) is 0 Å². The first-order valence-electron chi connectivity index (χ1n) is 6.09. The summed E-state index contributed by atoms with van der Waals surface area (Å²) in [6, 6.07) is 1.96. The molecule has 0 saturated heterocycles. The average molecular weight is 241 g/mol. The van der Waals surface area contributed by atoms with Crippen molar-refractivity contribution in [2.75, 3.05) is 26.9 Å². The molecule has 0 unspecified atom stereocenters. The van der Waals surface area contributed by atoms with Crippen molar-refractivity contribution < 1.29 is 13.9 Å². The molecule has 0 atom stereocenters. The first-order valence-corrected chi connectivity index (χ1v) is 6.09. The summed E-state index contributed by atoms with van der Waals surface area (Å²) in [7, 11) is 1.91. The lowest BCUT2D eigenvalue weighted by molar-refractivity contribution is 0.0261. The van der Waals surface area contributed by atoms with E-state index >= 15 is 0 Å². The molecule has 0 aliphatic heterocycles. The molecule has 4 heteroatoms. The van der Waals surface area contributed by atoms with Crippen molar-refractivity contribution in [3.05, 3.63) is 23.7 Å². The Morgan fingerprint density at radius 2 is 2.06 bits per heavy atom. The monoisotopic (exact) mass is 241 g/mol. The zero-order valence-corrected chi connectivity index (χ0v) is 11.0. The Morgan fingerprint density at radius 1 is 1.29 bits per heavy atom. The fourth-order valence-electron chi connectivity index (χ4n) is 1.44. The fraction of sp³-hybridized carbons (Fsp3) is 0.692. The van der Waals surface area contributed by atoms with Crippen molar-refractivity contribution in [2.24, 2.45) is 5.92 Å². The second-order valence-electron chi connectivity index (χ2n) is 4.42. The van der Waals surface area contributed by atoms with Gasteiger partial charge in [-0.1, -0.05) is 13.8 Å². The Morgan fingerprint density at radius 3 is 2.76 bits per heavy atom. The molecule has 0 aliphatic carbocycles. The van der Waals surface area contributed by atoms with Crippen LogP contribution in [0.15, 0.2) is 16.7 Å². The van der Waals surface area contributed by atoms with E-state index in [1.165, 1.54) is 0 Å². The molecular weight excluding hydrogens is 218 g/mol. The second kappa shape index (κ2) is 8.28. The van der Waals surface area contributed by atoms with Crippen LogP contribution in [0.5, 0.6) is 0 Å². The summed E-state index contributed by atoms with van der Waals surface area (Å²) in [5.41, 5.74) is 1.15. The Labute approximate surface area is 103 Å². The minimum Gasteiger partial charge on any atom is -0.467 e. The van der Waals surface area contributed by atoms with Gasteiger partial charge in [0.05, 0.1) is 19.5 Å². The standard InChI is InChI=1S/C13H23NO3/c1-11(2)9-15-6-7-16-10-13-12(8-14-3)4-5-17-13/h4-5,11,14H,6-10H2,1-3H3. The first kappa shape index (κ1) is 14.2. The summed E-state index contributed by atoms with van der Waals surface area (Å²) < 4.78 is 16.3. The molecule has 4 nitrogen and oxygen atoms in total. The Balaban J connectivity index is 2.11. The highest BCUT2D eigenvalue weighted by Gasteiger charge is 2.05. The maximum atomic E-state index is 5.50. The Kier molecular flexibility index (Phi) is 6.93. The molecule has 0 spiro atoms. The predicted molar refractivity (Wildman–Crippen MR) is 66.8 cm³/mol. The zero-order chi connectivity index (χ0) is 12.5. The van der Waals surface area contributed by atoms with E-state index in [0.717, 1.165) is 24.5 Å². The third-order valence-electron chi connectivity index (χ3n) is 2.26. The van der Waals surface area contributed by atoms with Gasteiger partial charge in [0.25, 0.3) is 0 Å². The lowest BCUT2D eigenvalue weighted by Crippen LogP contribution is -2.10. The minimum absolute atomic E-state index is 0.509. The summed E-state index contributed by atoms with van der Waals surface area (Å²) in [5.74, 6) is 1.46. The van der Waals surface area contributed by atoms with Gasteiger partial charge >= 0.3 is 0 Å². The molecule has 1 heterocycles. The van der Waals surface area contributed by atoms with Crippen molar-refractivity contribution >= 4 is 0 Å². The maximum absolute atomic E-state index is 5.50. The van der Waals surface area contributed by atoms with Gasteiger partial charge in [-0.15, -0.1) is 0 Å². The van der Waals surface area contributed by atoms with E-state index in [4.69, 9.17) is 13.9 Å². The first-order chi connectivity index (χ1) is 8.24. The molecule has 0 aromatic carbocycles. The van der Waals surface area contributed by atoms with Gasteiger partial charge in [-0.25, -0.2) is 0 Å².